The van der Waals surface area contributed by atoms with Crippen molar-refractivity contribution in [2.24, 2.45) is 0 Å². The number of ether oxygens (including phenoxy) is 2. The molecule has 0 spiro atoms. The molecular weight excluding hydrogens is 400 g/mol. The fraction of sp³-hybridized carbons (Fsp3) is 0.0400. The highest BCUT2D eigenvalue weighted by Crippen LogP contribution is 2.35. The van der Waals surface area contributed by atoms with Crippen LogP contribution in [-0.4, -0.2) is 11.8 Å². The minimum Gasteiger partial charge on any atom is -0.452 e. The van der Waals surface area contributed by atoms with Crippen molar-refractivity contribution < 1.29 is 19.1 Å². The Morgan fingerprint density at radius 2 is 1.67 bits per heavy atom. The van der Waals surface area contributed by atoms with E-state index < -0.39 is 11.3 Å². The van der Waals surface area contributed by atoms with E-state index in [-0.39, 0.29) is 17.3 Å². The topological polar surface area (TPSA) is 52.6 Å². The van der Waals surface area contributed by atoms with E-state index >= 15 is 0 Å². The molecule has 0 aliphatic carbocycles. The number of fused-ring (bicyclic) bond motifs is 1. The van der Waals surface area contributed by atoms with Gasteiger partial charge in [-0.2, -0.15) is 0 Å². The highest BCUT2D eigenvalue weighted by atomic mass is 35.5. The number of allylic oxidation sites excluding steroid dienone is 3. The Morgan fingerprint density at radius 1 is 0.967 bits per heavy atom. The Labute approximate surface area is 179 Å². The molecule has 1 heterocycles. The van der Waals surface area contributed by atoms with Crippen molar-refractivity contribution in [1.29, 1.82) is 0 Å². The van der Waals surface area contributed by atoms with Gasteiger partial charge in [-0.1, -0.05) is 72.8 Å². The molecule has 3 aromatic rings. The predicted molar refractivity (Wildman–Crippen MR) is 116 cm³/mol. The Kier molecular flexibility index (Phi) is 5.77. The molecule has 0 radical (unpaired) electrons. The largest absolute Gasteiger partial charge is 0.452 e. The van der Waals surface area contributed by atoms with Crippen LogP contribution in [0.25, 0.3) is 6.08 Å². The molecular formula is C25H17ClO4. The van der Waals surface area contributed by atoms with E-state index in [1.165, 1.54) is 6.07 Å². The summed E-state index contributed by atoms with van der Waals surface area (Å²) in [6.07, 6.45) is 5.25. The Balaban J connectivity index is 1.46. The van der Waals surface area contributed by atoms with Crippen LogP contribution in [0.2, 0.25) is 0 Å². The first kappa shape index (κ1) is 19.7. The molecule has 0 amide bonds. The molecule has 0 saturated carbocycles. The van der Waals surface area contributed by atoms with Crippen molar-refractivity contribution in [3.63, 3.8) is 0 Å². The molecule has 3 aromatic carbocycles. The second-order valence-electron chi connectivity index (χ2n) is 6.58. The van der Waals surface area contributed by atoms with Gasteiger partial charge in [0.25, 0.3) is 0 Å². The summed E-state index contributed by atoms with van der Waals surface area (Å²) >= 11 is 6.20. The number of halogens is 1. The summed E-state index contributed by atoms with van der Waals surface area (Å²) in [5, 5.41) is -0.930. The van der Waals surface area contributed by atoms with Gasteiger partial charge in [-0.3, -0.25) is 4.79 Å². The number of hydrogen-bond donors (Lipinski definition) is 0. The van der Waals surface area contributed by atoms with E-state index in [0.717, 1.165) is 5.56 Å². The van der Waals surface area contributed by atoms with Gasteiger partial charge in [-0.05, 0) is 29.3 Å². The molecule has 0 saturated heterocycles. The SMILES string of the molecule is O=C1/C(=C/C=C/c2ccccc2)Oc2cc(OC(=O)C(Cl)c3ccccc3)ccc21. The Bertz CT molecular complexity index is 1130. The lowest BCUT2D eigenvalue weighted by Crippen LogP contribution is -2.14. The van der Waals surface area contributed by atoms with Gasteiger partial charge in [-0.15, -0.1) is 11.6 Å². The maximum absolute atomic E-state index is 12.5. The standard InChI is InChI=1S/C25H17ClO4/c26-23(18-11-5-2-6-12-18)25(28)29-19-14-15-20-22(16-19)30-21(24(20)27)13-7-10-17-8-3-1-4-9-17/h1-16,23H/b10-7+,21-13-. The molecule has 1 aliphatic heterocycles. The summed E-state index contributed by atoms with van der Waals surface area (Å²) in [5.41, 5.74) is 2.08. The van der Waals surface area contributed by atoms with Crippen LogP contribution < -0.4 is 9.47 Å². The van der Waals surface area contributed by atoms with Crippen molar-refractivity contribution >= 4 is 29.4 Å². The van der Waals surface area contributed by atoms with E-state index in [9.17, 15) is 9.59 Å². The van der Waals surface area contributed by atoms with Crippen molar-refractivity contribution in [1.82, 2.24) is 0 Å². The average molecular weight is 417 g/mol. The Hall–Kier alpha value is -3.63. The van der Waals surface area contributed by atoms with E-state index in [0.29, 0.717) is 16.9 Å². The third-order valence-electron chi connectivity index (χ3n) is 4.49. The summed E-state index contributed by atoms with van der Waals surface area (Å²) in [7, 11) is 0. The minimum atomic E-state index is -0.930. The second-order valence-corrected chi connectivity index (χ2v) is 7.02. The zero-order valence-electron chi connectivity index (χ0n) is 15.8. The molecule has 0 bridgehead atoms. The lowest BCUT2D eigenvalue weighted by atomic mass is 10.1. The highest BCUT2D eigenvalue weighted by Gasteiger charge is 2.28. The number of hydrogen-bond acceptors (Lipinski definition) is 4. The third-order valence-corrected chi connectivity index (χ3v) is 4.93. The first-order valence-corrected chi connectivity index (χ1v) is 9.76. The van der Waals surface area contributed by atoms with Gasteiger partial charge >= 0.3 is 5.97 Å². The van der Waals surface area contributed by atoms with E-state index in [2.05, 4.69) is 0 Å². The first-order chi connectivity index (χ1) is 14.6. The van der Waals surface area contributed by atoms with Crippen molar-refractivity contribution in [3.8, 4) is 11.5 Å². The van der Waals surface area contributed by atoms with Crippen LogP contribution in [0.1, 0.15) is 26.9 Å². The maximum Gasteiger partial charge on any atom is 0.334 e. The quantitative estimate of drug-likeness (QED) is 0.230. The smallest absolute Gasteiger partial charge is 0.334 e. The van der Waals surface area contributed by atoms with Gasteiger partial charge in [0.15, 0.2) is 11.1 Å². The second kappa shape index (κ2) is 8.80. The van der Waals surface area contributed by atoms with Gasteiger partial charge in [0.1, 0.15) is 11.5 Å². The lowest BCUT2D eigenvalue weighted by Gasteiger charge is -2.10. The summed E-state index contributed by atoms with van der Waals surface area (Å²) in [6, 6.07) is 23.3. The van der Waals surface area contributed by atoms with E-state index in [1.807, 2.05) is 42.5 Å². The average Bonchev–Trinajstić information content (AvgIpc) is 3.09. The summed E-state index contributed by atoms with van der Waals surface area (Å²) in [5.74, 6) is -0.0151. The number of Topliss-reactive ketones (excluding diaryl/α,β-unsaturated/α-hetero) is 1. The number of esters is 1. The van der Waals surface area contributed by atoms with Gasteiger partial charge < -0.3 is 9.47 Å². The van der Waals surface area contributed by atoms with Crippen LogP contribution in [0.15, 0.2) is 96.8 Å². The zero-order valence-corrected chi connectivity index (χ0v) is 16.6. The minimum absolute atomic E-state index is 0.208. The molecule has 1 unspecified atom stereocenters. The van der Waals surface area contributed by atoms with Crippen LogP contribution in [0.3, 0.4) is 0 Å². The number of rotatable bonds is 5. The van der Waals surface area contributed by atoms with Crippen LogP contribution in [0.5, 0.6) is 11.5 Å². The van der Waals surface area contributed by atoms with Crippen molar-refractivity contribution in [3.05, 3.63) is 113 Å². The molecule has 4 rings (SSSR count). The monoisotopic (exact) mass is 416 g/mol. The molecule has 148 valence electrons. The molecule has 4 nitrogen and oxygen atoms in total. The van der Waals surface area contributed by atoms with E-state index in [1.54, 1.807) is 48.6 Å². The summed E-state index contributed by atoms with van der Waals surface area (Å²) < 4.78 is 11.0. The fourth-order valence-corrected chi connectivity index (χ4v) is 3.17. The molecule has 0 fully saturated rings. The van der Waals surface area contributed by atoms with Crippen LogP contribution in [0, 0.1) is 0 Å². The summed E-state index contributed by atoms with van der Waals surface area (Å²) in [6.45, 7) is 0. The van der Waals surface area contributed by atoms with Crippen LogP contribution in [-0.2, 0) is 4.79 Å². The maximum atomic E-state index is 12.5. The van der Waals surface area contributed by atoms with Crippen molar-refractivity contribution in [2.45, 2.75) is 5.38 Å². The molecule has 0 N–H and O–H groups in total. The molecule has 1 aliphatic rings. The molecule has 30 heavy (non-hydrogen) atoms. The Morgan fingerprint density at radius 3 is 2.40 bits per heavy atom. The van der Waals surface area contributed by atoms with Crippen LogP contribution in [0.4, 0.5) is 0 Å². The number of benzene rings is 3. The highest BCUT2D eigenvalue weighted by molar-refractivity contribution is 6.30. The van der Waals surface area contributed by atoms with Gasteiger partial charge in [0.05, 0.1) is 5.56 Å². The first-order valence-electron chi connectivity index (χ1n) is 9.32. The molecule has 5 heteroatoms. The predicted octanol–water partition coefficient (Wildman–Crippen LogP) is 5.74. The van der Waals surface area contributed by atoms with Gasteiger partial charge in [-0.25, -0.2) is 4.79 Å². The molecule has 0 aromatic heterocycles. The third kappa shape index (κ3) is 4.34. The van der Waals surface area contributed by atoms with Crippen LogP contribution >= 0.6 is 11.6 Å². The number of ketones is 1. The normalized spacial score (nSPS) is 15.1. The number of carbonyl (C=O) groups excluding carboxylic acids is 2. The zero-order chi connectivity index (χ0) is 20.9. The van der Waals surface area contributed by atoms with Gasteiger partial charge in [0, 0.05) is 6.07 Å². The van der Waals surface area contributed by atoms with Gasteiger partial charge in [0.2, 0.25) is 5.78 Å². The van der Waals surface area contributed by atoms with E-state index in [4.69, 9.17) is 21.1 Å². The van der Waals surface area contributed by atoms with Crippen molar-refractivity contribution in [2.75, 3.05) is 0 Å². The number of carbonyl (C=O) groups is 2. The lowest BCUT2D eigenvalue weighted by molar-refractivity contribution is -0.134. The number of alkyl halides is 1. The summed E-state index contributed by atoms with van der Waals surface area (Å²) in [4.78, 5) is 24.8. The fourth-order valence-electron chi connectivity index (χ4n) is 2.98. The molecule has 1 atom stereocenters.